The lowest BCUT2D eigenvalue weighted by molar-refractivity contribution is -0.0761. The van der Waals surface area contributed by atoms with E-state index >= 15 is 0 Å². The molecule has 144 valence electrons. The largest absolute Gasteiger partial charge is 0.389 e. The Morgan fingerprint density at radius 2 is 1.36 bits per heavy atom. The van der Waals surface area contributed by atoms with Crippen LogP contribution in [0.4, 0.5) is 0 Å². The van der Waals surface area contributed by atoms with Crippen LogP contribution in [0.1, 0.15) is 48.5 Å². The van der Waals surface area contributed by atoms with Gasteiger partial charge in [0.15, 0.2) is 0 Å². The summed E-state index contributed by atoms with van der Waals surface area (Å²) in [6.07, 6.45) is 2.33. The first-order valence-electron chi connectivity index (χ1n) is 10.3. The number of hydrogen-bond acceptors (Lipinski definition) is 2. The van der Waals surface area contributed by atoms with Crippen molar-refractivity contribution in [3.05, 3.63) is 108 Å². The third kappa shape index (κ3) is 3.89. The lowest BCUT2D eigenvalue weighted by Gasteiger charge is -2.49. The van der Waals surface area contributed by atoms with Crippen molar-refractivity contribution in [2.45, 2.75) is 43.9 Å². The molecule has 0 unspecified atom stereocenters. The van der Waals surface area contributed by atoms with Gasteiger partial charge in [-0.25, -0.2) is 0 Å². The summed E-state index contributed by atoms with van der Waals surface area (Å²) in [4.78, 5) is 0. The van der Waals surface area contributed by atoms with E-state index in [0.29, 0.717) is 12.8 Å². The van der Waals surface area contributed by atoms with Crippen molar-refractivity contribution in [2.75, 3.05) is 0 Å². The monoisotopic (exact) mass is 371 g/mol. The van der Waals surface area contributed by atoms with Crippen LogP contribution >= 0.6 is 0 Å². The van der Waals surface area contributed by atoms with Crippen LogP contribution in [-0.2, 0) is 6.42 Å². The summed E-state index contributed by atoms with van der Waals surface area (Å²) in [5, 5.41) is 15.9. The average molecular weight is 372 g/mol. The molecule has 0 bridgehead atoms. The highest BCUT2D eigenvalue weighted by Crippen LogP contribution is 2.46. The number of piperidine rings is 1. The second-order valence-electron chi connectivity index (χ2n) is 8.00. The summed E-state index contributed by atoms with van der Waals surface area (Å²) >= 11 is 0. The van der Waals surface area contributed by atoms with Crippen LogP contribution in [-0.4, -0.2) is 10.7 Å². The number of aliphatic hydroxyl groups is 1. The molecule has 28 heavy (non-hydrogen) atoms. The Morgan fingerprint density at radius 1 is 0.821 bits per heavy atom. The highest BCUT2D eigenvalue weighted by atomic mass is 16.3. The summed E-state index contributed by atoms with van der Waals surface area (Å²) in [6, 6.07) is 31.8. The van der Waals surface area contributed by atoms with Gasteiger partial charge in [-0.3, -0.25) is 0 Å². The number of hydrogen-bond donors (Lipinski definition) is 2. The van der Waals surface area contributed by atoms with Crippen molar-refractivity contribution in [3.63, 3.8) is 0 Å². The Labute approximate surface area is 168 Å². The lowest BCUT2D eigenvalue weighted by atomic mass is 9.67. The fourth-order valence-corrected chi connectivity index (χ4v) is 4.86. The molecule has 0 spiro atoms. The maximum atomic E-state index is 12.0. The molecule has 1 fully saturated rings. The first kappa shape index (κ1) is 18.9. The molecule has 0 saturated carbocycles. The maximum Gasteiger partial charge on any atom is 0.0752 e. The Bertz CT molecular complexity index is 865. The Morgan fingerprint density at radius 3 is 1.93 bits per heavy atom. The van der Waals surface area contributed by atoms with E-state index in [0.717, 1.165) is 6.42 Å². The van der Waals surface area contributed by atoms with Gasteiger partial charge in [-0.1, -0.05) is 97.9 Å². The predicted octanol–water partition coefficient (Wildman–Crippen LogP) is 5.46. The van der Waals surface area contributed by atoms with Crippen LogP contribution in [0.2, 0.25) is 0 Å². The molecule has 0 aromatic heterocycles. The standard InChI is InChI=1S/C26H29NO/c1-2-23-25(22-16-10-5-11-17-22)27-24(21-14-8-4-9-15-21)19-26(23,28)18-20-12-6-3-7-13-20/h3-17,23-25,27-28H,2,18-19H2,1H3/t23-,24+,25-,26+/m0/s1. The van der Waals surface area contributed by atoms with Crippen molar-refractivity contribution in [2.24, 2.45) is 5.92 Å². The molecule has 0 aliphatic carbocycles. The predicted molar refractivity (Wildman–Crippen MR) is 115 cm³/mol. The fourth-order valence-electron chi connectivity index (χ4n) is 4.86. The van der Waals surface area contributed by atoms with E-state index in [1.165, 1.54) is 16.7 Å². The molecular formula is C26H29NO. The van der Waals surface area contributed by atoms with E-state index in [4.69, 9.17) is 0 Å². The van der Waals surface area contributed by atoms with Crippen LogP contribution in [0.3, 0.4) is 0 Å². The first-order chi connectivity index (χ1) is 13.7. The molecule has 1 saturated heterocycles. The molecule has 0 radical (unpaired) electrons. The number of benzene rings is 3. The van der Waals surface area contributed by atoms with Crippen LogP contribution in [0.15, 0.2) is 91.0 Å². The quantitative estimate of drug-likeness (QED) is 0.624. The molecular weight excluding hydrogens is 342 g/mol. The summed E-state index contributed by atoms with van der Waals surface area (Å²) < 4.78 is 0. The zero-order chi connectivity index (χ0) is 19.4. The highest BCUT2D eigenvalue weighted by molar-refractivity contribution is 5.28. The van der Waals surface area contributed by atoms with E-state index in [1.54, 1.807) is 0 Å². The SMILES string of the molecule is CC[C@H]1[C@H](c2ccccc2)N[C@@H](c2ccccc2)C[C@]1(O)Cc1ccccc1. The molecule has 4 atom stereocenters. The normalized spacial score (nSPS) is 27.4. The van der Waals surface area contributed by atoms with Crippen molar-refractivity contribution in [3.8, 4) is 0 Å². The second kappa shape index (κ2) is 8.30. The number of rotatable bonds is 5. The van der Waals surface area contributed by atoms with E-state index in [1.807, 2.05) is 12.1 Å². The minimum atomic E-state index is -0.762. The molecule has 0 amide bonds. The van der Waals surface area contributed by atoms with Crippen molar-refractivity contribution >= 4 is 0 Å². The van der Waals surface area contributed by atoms with Crippen LogP contribution in [0.5, 0.6) is 0 Å². The van der Waals surface area contributed by atoms with Gasteiger partial charge in [0, 0.05) is 24.4 Å². The molecule has 2 heteroatoms. The third-order valence-electron chi connectivity index (χ3n) is 6.18. The Hall–Kier alpha value is -2.42. The van der Waals surface area contributed by atoms with Gasteiger partial charge in [-0.2, -0.15) is 0 Å². The third-order valence-corrected chi connectivity index (χ3v) is 6.18. The van der Waals surface area contributed by atoms with Gasteiger partial charge in [0.25, 0.3) is 0 Å². The summed E-state index contributed by atoms with van der Waals surface area (Å²) in [5.41, 5.74) is 2.93. The van der Waals surface area contributed by atoms with Crippen LogP contribution in [0.25, 0.3) is 0 Å². The topological polar surface area (TPSA) is 32.3 Å². The van der Waals surface area contributed by atoms with E-state index < -0.39 is 5.60 Å². The lowest BCUT2D eigenvalue weighted by Crippen LogP contribution is -2.54. The van der Waals surface area contributed by atoms with Gasteiger partial charge >= 0.3 is 0 Å². The summed E-state index contributed by atoms with van der Waals surface area (Å²) in [5.74, 6) is 0.148. The maximum absolute atomic E-state index is 12.0. The molecule has 1 aliphatic rings. The van der Waals surface area contributed by atoms with Crippen molar-refractivity contribution < 1.29 is 5.11 Å². The Balaban J connectivity index is 1.73. The van der Waals surface area contributed by atoms with E-state index in [2.05, 4.69) is 91.1 Å². The van der Waals surface area contributed by atoms with Gasteiger partial charge in [0.05, 0.1) is 5.60 Å². The minimum Gasteiger partial charge on any atom is -0.389 e. The molecule has 2 nitrogen and oxygen atoms in total. The average Bonchev–Trinajstić information content (AvgIpc) is 2.75. The molecule has 3 aromatic carbocycles. The first-order valence-corrected chi connectivity index (χ1v) is 10.3. The van der Waals surface area contributed by atoms with Gasteiger partial charge in [0.1, 0.15) is 0 Å². The van der Waals surface area contributed by atoms with Crippen LogP contribution < -0.4 is 5.32 Å². The van der Waals surface area contributed by atoms with Gasteiger partial charge < -0.3 is 10.4 Å². The van der Waals surface area contributed by atoms with Gasteiger partial charge in [0.2, 0.25) is 0 Å². The van der Waals surface area contributed by atoms with Crippen molar-refractivity contribution in [1.29, 1.82) is 0 Å². The molecule has 1 heterocycles. The van der Waals surface area contributed by atoms with Gasteiger partial charge in [-0.05, 0) is 29.5 Å². The Kier molecular flexibility index (Phi) is 5.61. The smallest absolute Gasteiger partial charge is 0.0752 e. The fraction of sp³-hybridized carbons (Fsp3) is 0.308. The molecule has 3 aromatic rings. The summed E-state index contributed by atoms with van der Waals surface area (Å²) in [6.45, 7) is 2.20. The molecule has 2 N–H and O–H groups in total. The summed E-state index contributed by atoms with van der Waals surface area (Å²) in [7, 11) is 0. The van der Waals surface area contributed by atoms with Gasteiger partial charge in [-0.15, -0.1) is 0 Å². The number of nitrogens with one attached hydrogen (secondary N) is 1. The zero-order valence-electron chi connectivity index (χ0n) is 16.5. The van der Waals surface area contributed by atoms with Crippen molar-refractivity contribution in [1.82, 2.24) is 5.32 Å². The molecule has 4 rings (SSSR count). The van der Waals surface area contributed by atoms with E-state index in [-0.39, 0.29) is 18.0 Å². The molecule has 1 aliphatic heterocycles. The zero-order valence-corrected chi connectivity index (χ0v) is 16.5. The second-order valence-corrected chi connectivity index (χ2v) is 8.00. The minimum absolute atomic E-state index is 0.124. The van der Waals surface area contributed by atoms with Crippen LogP contribution in [0, 0.1) is 5.92 Å². The van der Waals surface area contributed by atoms with E-state index in [9.17, 15) is 5.11 Å². The highest BCUT2D eigenvalue weighted by Gasteiger charge is 2.47.